The molecule has 1 fully saturated rings. The van der Waals surface area contributed by atoms with Crippen LogP contribution in [0, 0.1) is 10.1 Å². The number of nitrogens with two attached hydrogens (primary N) is 1. The molecule has 26 heavy (non-hydrogen) atoms. The summed E-state index contributed by atoms with van der Waals surface area (Å²) in [5, 5.41) is 14.3. The maximum atomic E-state index is 12.0. The van der Waals surface area contributed by atoms with E-state index in [1.165, 1.54) is 12.1 Å². The number of carbonyl (C=O) groups is 2. The van der Waals surface area contributed by atoms with Gasteiger partial charge in [0.1, 0.15) is 5.69 Å². The maximum Gasteiger partial charge on any atom is 0.293 e. The molecule has 142 valence electrons. The van der Waals surface area contributed by atoms with Gasteiger partial charge in [0.25, 0.3) is 5.69 Å². The first-order valence-electron chi connectivity index (χ1n) is 8.66. The number of nitrogens with zero attached hydrogens (tertiary/aromatic N) is 3. The molecule has 1 aliphatic rings. The summed E-state index contributed by atoms with van der Waals surface area (Å²) in [6, 6.07) is 4.42. The van der Waals surface area contributed by atoms with Crippen molar-refractivity contribution in [3.63, 3.8) is 0 Å². The number of hydrogen-bond acceptors (Lipinski definition) is 6. The van der Waals surface area contributed by atoms with E-state index in [-0.39, 0.29) is 23.2 Å². The second-order valence-electron chi connectivity index (χ2n) is 6.46. The van der Waals surface area contributed by atoms with Gasteiger partial charge in [0.15, 0.2) is 0 Å². The van der Waals surface area contributed by atoms with Gasteiger partial charge in [-0.05, 0) is 25.5 Å². The highest BCUT2D eigenvalue weighted by atomic mass is 16.6. The molecule has 1 atom stereocenters. The predicted octanol–water partition coefficient (Wildman–Crippen LogP) is 0.730. The van der Waals surface area contributed by atoms with Crippen LogP contribution < -0.4 is 16.0 Å². The summed E-state index contributed by atoms with van der Waals surface area (Å²) in [5.41, 5.74) is 5.64. The molecular weight excluding hydrogens is 338 g/mol. The lowest BCUT2D eigenvalue weighted by molar-refractivity contribution is -0.384. The van der Waals surface area contributed by atoms with E-state index in [2.05, 4.69) is 5.32 Å². The van der Waals surface area contributed by atoms with Gasteiger partial charge in [0, 0.05) is 43.9 Å². The van der Waals surface area contributed by atoms with Crippen molar-refractivity contribution in [2.24, 2.45) is 5.73 Å². The highest BCUT2D eigenvalue weighted by molar-refractivity contribution is 5.94. The Morgan fingerprint density at radius 2 is 1.96 bits per heavy atom. The zero-order valence-corrected chi connectivity index (χ0v) is 15.1. The summed E-state index contributed by atoms with van der Waals surface area (Å²) in [7, 11) is 0. The summed E-state index contributed by atoms with van der Waals surface area (Å²) in [6.07, 6.45) is 0.879. The molecule has 2 rings (SSSR count). The smallest absolute Gasteiger partial charge is 0.293 e. The fourth-order valence-electron chi connectivity index (χ4n) is 2.86. The number of anilines is 1. The molecule has 0 saturated carbocycles. The monoisotopic (exact) mass is 363 g/mol. The molecule has 0 radical (unpaired) electrons. The highest BCUT2D eigenvalue weighted by Crippen LogP contribution is 2.30. The third kappa shape index (κ3) is 4.92. The van der Waals surface area contributed by atoms with Gasteiger partial charge in [-0.3, -0.25) is 24.6 Å². The molecule has 0 aromatic heterocycles. The lowest BCUT2D eigenvalue weighted by Gasteiger charge is -2.35. The number of benzene rings is 1. The summed E-state index contributed by atoms with van der Waals surface area (Å²) in [4.78, 5) is 38.0. The standard InChI is InChI=1S/C17H25N5O4/c1-3-12(2)19-16(23)11-20-6-8-21(9-7-20)14-5-4-13(17(18)24)10-15(14)22(25)26/h4-5,10,12H,3,6-9,11H2,1-2H3,(H2,18,24)(H,19,23)/t12-/m1/s1. The van der Waals surface area contributed by atoms with Crippen molar-refractivity contribution < 1.29 is 14.5 Å². The Morgan fingerprint density at radius 3 is 2.50 bits per heavy atom. The second-order valence-corrected chi connectivity index (χ2v) is 6.46. The number of nitrogens with one attached hydrogen (secondary N) is 1. The summed E-state index contributed by atoms with van der Waals surface area (Å²) < 4.78 is 0. The molecule has 3 N–H and O–H groups in total. The number of hydrogen-bond donors (Lipinski definition) is 2. The first kappa shape index (κ1) is 19.6. The Balaban J connectivity index is 2.00. The van der Waals surface area contributed by atoms with Gasteiger partial charge in [-0.1, -0.05) is 6.92 Å². The van der Waals surface area contributed by atoms with Crippen LogP contribution in [0.1, 0.15) is 30.6 Å². The van der Waals surface area contributed by atoms with Gasteiger partial charge < -0.3 is 16.0 Å². The van der Waals surface area contributed by atoms with E-state index in [9.17, 15) is 19.7 Å². The van der Waals surface area contributed by atoms with E-state index in [0.717, 1.165) is 6.42 Å². The van der Waals surface area contributed by atoms with E-state index >= 15 is 0 Å². The molecule has 0 spiro atoms. The largest absolute Gasteiger partial charge is 0.366 e. The lowest BCUT2D eigenvalue weighted by atomic mass is 10.1. The number of nitro groups is 1. The van der Waals surface area contributed by atoms with Gasteiger partial charge in [0.2, 0.25) is 11.8 Å². The van der Waals surface area contributed by atoms with E-state index in [1.54, 1.807) is 6.07 Å². The molecule has 1 saturated heterocycles. The molecule has 1 aliphatic heterocycles. The first-order chi connectivity index (χ1) is 12.3. The minimum absolute atomic E-state index is 0.00964. The average Bonchev–Trinajstić information content (AvgIpc) is 2.61. The SMILES string of the molecule is CC[C@@H](C)NC(=O)CN1CCN(c2ccc(C(N)=O)cc2[N+](=O)[O-])CC1. The Morgan fingerprint density at radius 1 is 1.31 bits per heavy atom. The third-order valence-electron chi connectivity index (χ3n) is 4.56. The van der Waals surface area contributed by atoms with Crippen molar-refractivity contribution in [3.8, 4) is 0 Å². The average molecular weight is 363 g/mol. The minimum Gasteiger partial charge on any atom is -0.366 e. The zero-order chi connectivity index (χ0) is 19.3. The fraction of sp³-hybridized carbons (Fsp3) is 0.529. The van der Waals surface area contributed by atoms with Crippen molar-refractivity contribution in [2.75, 3.05) is 37.6 Å². The Labute approximate surface area is 152 Å². The molecular formula is C17H25N5O4. The third-order valence-corrected chi connectivity index (χ3v) is 4.56. The van der Waals surface area contributed by atoms with Gasteiger partial charge in [-0.2, -0.15) is 0 Å². The van der Waals surface area contributed by atoms with Crippen molar-refractivity contribution in [1.29, 1.82) is 0 Å². The summed E-state index contributed by atoms with van der Waals surface area (Å²) in [5.74, 6) is -0.707. The Bertz CT molecular complexity index is 686. The van der Waals surface area contributed by atoms with Crippen LogP contribution in [0.2, 0.25) is 0 Å². The predicted molar refractivity (Wildman–Crippen MR) is 98.2 cm³/mol. The summed E-state index contributed by atoms with van der Waals surface area (Å²) in [6.45, 7) is 6.68. The Kier molecular flexibility index (Phi) is 6.51. The van der Waals surface area contributed by atoms with Crippen LogP contribution >= 0.6 is 0 Å². The van der Waals surface area contributed by atoms with E-state index in [1.807, 2.05) is 23.6 Å². The van der Waals surface area contributed by atoms with Crippen molar-refractivity contribution in [1.82, 2.24) is 10.2 Å². The van der Waals surface area contributed by atoms with Crippen LogP contribution in [0.4, 0.5) is 11.4 Å². The van der Waals surface area contributed by atoms with Crippen LogP contribution in [-0.4, -0.2) is 60.4 Å². The molecule has 1 heterocycles. The molecule has 2 amide bonds. The number of rotatable bonds is 7. The first-order valence-corrected chi connectivity index (χ1v) is 8.66. The topological polar surface area (TPSA) is 122 Å². The number of primary amides is 1. The zero-order valence-electron chi connectivity index (χ0n) is 15.1. The van der Waals surface area contributed by atoms with Crippen molar-refractivity contribution >= 4 is 23.2 Å². The number of carbonyl (C=O) groups excluding carboxylic acids is 2. The minimum atomic E-state index is -0.697. The van der Waals surface area contributed by atoms with Crippen LogP contribution in [0.5, 0.6) is 0 Å². The molecule has 9 nitrogen and oxygen atoms in total. The molecule has 1 aromatic carbocycles. The van der Waals surface area contributed by atoms with Crippen LogP contribution in [0.15, 0.2) is 18.2 Å². The normalized spacial score (nSPS) is 16.2. The van der Waals surface area contributed by atoms with Crippen molar-refractivity contribution in [2.45, 2.75) is 26.3 Å². The number of piperazine rings is 1. The van der Waals surface area contributed by atoms with Gasteiger partial charge in [-0.25, -0.2) is 0 Å². The molecule has 0 bridgehead atoms. The van der Waals surface area contributed by atoms with Crippen LogP contribution in [-0.2, 0) is 4.79 Å². The maximum absolute atomic E-state index is 12.0. The van der Waals surface area contributed by atoms with Crippen LogP contribution in [0.3, 0.4) is 0 Å². The van der Waals surface area contributed by atoms with Gasteiger partial charge in [-0.15, -0.1) is 0 Å². The Hall–Kier alpha value is -2.68. The molecule has 1 aromatic rings. The van der Waals surface area contributed by atoms with Gasteiger partial charge >= 0.3 is 0 Å². The molecule has 0 unspecified atom stereocenters. The molecule has 0 aliphatic carbocycles. The lowest BCUT2D eigenvalue weighted by Crippen LogP contribution is -2.50. The van der Waals surface area contributed by atoms with E-state index in [0.29, 0.717) is 38.4 Å². The summed E-state index contributed by atoms with van der Waals surface area (Å²) >= 11 is 0. The highest BCUT2D eigenvalue weighted by Gasteiger charge is 2.25. The second kappa shape index (κ2) is 8.61. The van der Waals surface area contributed by atoms with Crippen LogP contribution in [0.25, 0.3) is 0 Å². The molecule has 9 heteroatoms. The fourth-order valence-corrected chi connectivity index (χ4v) is 2.86. The number of nitro benzene ring substituents is 1. The number of amides is 2. The van der Waals surface area contributed by atoms with E-state index in [4.69, 9.17) is 5.73 Å². The van der Waals surface area contributed by atoms with E-state index < -0.39 is 10.8 Å². The van der Waals surface area contributed by atoms with Crippen molar-refractivity contribution in [3.05, 3.63) is 33.9 Å². The van der Waals surface area contributed by atoms with Gasteiger partial charge in [0.05, 0.1) is 11.5 Å². The quantitative estimate of drug-likeness (QED) is 0.544.